The van der Waals surface area contributed by atoms with Gasteiger partial charge in [0.15, 0.2) is 0 Å². The molecular formula is C21H20N2O2. The number of nitriles is 1. The van der Waals surface area contributed by atoms with Crippen molar-refractivity contribution < 1.29 is 9.53 Å². The van der Waals surface area contributed by atoms with Gasteiger partial charge in [-0.25, -0.2) is 4.79 Å². The summed E-state index contributed by atoms with van der Waals surface area (Å²) >= 11 is 0. The van der Waals surface area contributed by atoms with Gasteiger partial charge in [-0.15, -0.1) is 0 Å². The first-order chi connectivity index (χ1) is 12.2. The lowest BCUT2D eigenvalue weighted by molar-refractivity contribution is -0.138. The van der Waals surface area contributed by atoms with Crippen LogP contribution in [-0.2, 0) is 16.1 Å². The monoisotopic (exact) mass is 332 g/mol. The number of carbonyl (C=O) groups excluding carboxylic acids is 1. The largest absolute Gasteiger partial charge is 0.463 e. The second kappa shape index (κ2) is 7.78. The van der Waals surface area contributed by atoms with Crippen molar-refractivity contribution in [3.63, 3.8) is 0 Å². The Bertz CT molecular complexity index is 834. The fourth-order valence-electron chi connectivity index (χ4n) is 3.10. The molecule has 0 spiro atoms. The molecule has 1 aliphatic rings. The lowest BCUT2D eigenvalue weighted by Crippen LogP contribution is -2.22. The molecule has 2 aromatic carbocycles. The molecule has 4 nitrogen and oxygen atoms in total. The summed E-state index contributed by atoms with van der Waals surface area (Å²) in [6.07, 6.45) is 0. The molecule has 0 N–H and O–H groups in total. The van der Waals surface area contributed by atoms with Crippen LogP contribution in [0, 0.1) is 11.3 Å². The molecule has 1 heterocycles. The molecule has 126 valence electrons. The van der Waals surface area contributed by atoms with E-state index in [1.54, 1.807) is 6.07 Å². The van der Waals surface area contributed by atoms with Gasteiger partial charge in [-0.3, -0.25) is 4.90 Å². The van der Waals surface area contributed by atoms with Crippen LogP contribution in [0.5, 0.6) is 0 Å². The summed E-state index contributed by atoms with van der Waals surface area (Å²) in [5.41, 5.74) is 4.35. The Morgan fingerprint density at radius 1 is 1.16 bits per heavy atom. The van der Waals surface area contributed by atoms with Gasteiger partial charge in [-0.2, -0.15) is 5.26 Å². The third kappa shape index (κ3) is 3.96. The average Bonchev–Trinajstić information content (AvgIpc) is 3.07. The van der Waals surface area contributed by atoms with Crippen LogP contribution >= 0.6 is 0 Å². The predicted molar refractivity (Wildman–Crippen MR) is 96.4 cm³/mol. The van der Waals surface area contributed by atoms with Crippen LogP contribution in [-0.4, -0.2) is 30.6 Å². The highest BCUT2D eigenvalue weighted by atomic mass is 16.5. The maximum absolute atomic E-state index is 12.4. The van der Waals surface area contributed by atoms with E-state index in [1.165, 1.54) is 5.56 Å². The van der Waals surface area contributed by atoms with Crippen molar-refractivity contribution in [1.82, 2.24) is 4.90 Å². The normalized spacial score (nSPS) is 14.4. The third-order valence-electron chi connectivity index (χ3n) is 4.24. The average molecular weight is 332 g/mol. The maximum Gasteiger partial charge on any atom is 0.335 e. The molecule has 0 saturated carbocycles. The Morgan fingerprint density at radius 2 is 1.96 bits per heavy atom. The Morgan fingerprint density at radius 3 is 2.68 bits per heavy atom. The molecule has 2 aromatic rings. The first-order valence-corrected chi connectivity index (χ1v) is 8.37. The van der Waals surface area contributed by atoms with Crippen molar-refractivity contribution in [2.75, 3.05) is 19.7 Å². The molecule has 0 amide bonds. The van der Waals surface area contributed by atoms with Gasteiger partial charge < -0.3 is 4.74 Å². The summed E-state index contributed by atoms with van der Waals surface area (Å²) in [4.78, 5) is 14.6. The van der Waals surface area contributed by atoms with E-state index in [0.29, 0.717) is 30.8 Å². The molecule has 0 fully saturated rings. The topological polar surface area (TPSA) is 53.3 Å². The van der Waals surface area contributed by atoms with Crippen LogP contribution in [0.15, 0.2) is 60.2 Å². The zero-order valence-electron chi connectivity index (χ0n) is 14.2. The smallest absolute Gasteiger partial charge is 0.335 e. The fraction of sp³-hybridized carbons (Fsp3) is 0.238. The highest BCUT2D eigenvalue weighted by Crippen LogP contribution is 2.29. The number of hydrogen-bond acceptors (Lipinski definition) is 4. The summed E-state index contributed by atoms with van der Waals surface area (Å²) in [6.45, 7) is 4.15. The molecule has 0 bridgehead atoms. The Balaban J connectivity index is 1.88. The molecule has 4 heteroatoms. The maximum atomic E-state index is 12.4. The van der Waals surface area contributed by atoms with Gasteiger partial charge in [0.2, 0.25) is 0 Å². The second-order valence-electron chi connectivity index (χ2n) is 6.00. The standard InChI is InChI=1S/C21H20N2O2/c1-2-25-21(24)20-15-23(13-16-7-4-3-5-8-16)14-19(20)18-10-6-9-17(11-18)12-22/h3-11H,2,13-15H2,1H3. The Hall–Kier alpha value is -2.90. The summed E-state index contributed by atoms with van der Waals surface area (Å²) in [5.74, 6) is -0.268. The van der Waals surface area contributed by atoms with Crippen molar-refractivity contribution in [3.05, 3.63) is 76.9 Å². The number of hydrogen-bond donors (Lipinski definition) is 0. The molecule has 0 saturated heterocycles. The van der Waals surface area contributed by atoms with E-state index in [-0.39, 0.29) is 5.97 Å². The second-order valence-corrected chi connectivity index (χ2v) is 6.00. The zero-order chi connectivity index (χ0) is 17.6. The van der Waals surface area contributed by atoms with Crippen molar-refractivity contribution in [3.8, 4) is 6.07 Å². The summed E-state index contributed by atoms with van der Waals surface area (Å²) in [5, 5.41) is 9.14. The van der Waals surface area contributed by atoms with Crippen molar-refractivity contribution >= 4 is 11.5 Å². The van der Waals surface area contributed by atoms with Crippen LogP contribution in [0.25, 0.3) is 5.57 Å². The summed E-state index contributed by atoms with van der Waals surface area (Å²) in [6, 6.07) is 19.7. The number of nitrogens with zero attached hydrogens (tertiary/aromatic N) is 2. The molecule has 0 radical (unpaired) electrons. The number of carbonyl (C=O) groups is 1. The van der Waals surface area contributed by atoms with Crippen LogP contribution in [0.1, 0.15) is 23.6 Å². The summed E-state index contributed by atoms with van der Waals surface area (Å²) < 4.78 is 5.24. The van der Waals surface area contributed by atoms with E-state index in [4.69, 9.17) is 10.00 Å². The highest BCUT2D eigenvalue weighted by molar-refractivity contribution is 5.99. The molecule has 0 unspecified atom stereocenters. The van der Waals surface area contributed by atoms with E-state index < -0.39 is 0 Å². The van der Waals surface area contributed by atoms with Crippen LogP contribution in [0.4, 0.5) is 0 Å². The minimum Gasteiger partial charge on any atom is -0.463 e. The van der Waals surface area contributed by atoms with E-state index in [2.05, 4.69) is 23.1 Å². The first-order valence-electron chi connectivity index (χ1n) is 8.37. The van der Waals surface area contributed by atoms with Gasteiger partial charge in [-0.05, 0) is 35.8 Å². The van der Waals surface area contributed by atoms with E-state index in [1.807, 2.05) is 43.3 Å². The number of ether oxygens (including phenoxy) is 1. The lowest BCUT2D eigenvalue weighted by atomic mass is 10.0. The number of esters is 1. The van der Waals surface area contributed by atoms with Crippen molar-refractivity contribution in [2.24, 2.45) is 0 Å². The molecule has 0 atom stereocenters. The third-order valence-corrected chi connectivity index (χ3v) is 4.24. The minimum atomic E-state index is -0.268. The SMILES string of the molecule is CCOC(=O)C1=C(c2cccc(C#N)c2)CN(Cc2ccccc2)C1. The highest BCUT2D eigenvalue weighted by Gasteiger charge is 2.28. The lowest BCUT2D eigenvalue weighted by Gasteiger charge is -2.16. The summed E-state index contributed by atoms with van der Waals surface area (Å²) in [7, 11) is 0. The van der Waals surface area contributed by atoms with Gasteiger partial charge in [-0.1, -0.05) is 42.5 Å². The molecule has 0 aromatic heterocycles. The van der Waals surface area contributed by atoms with Gasteiger partial charge in [0.05, 0.1) is 23.8 Å². The van der Waals surface area contributed by atoms with Gasteiger partial charge in [0.1, 0.15) is 0 Å². The zero-order valence-corrected chi connectivity index (χ0v) is 14.2. The van der Waals surface area contributed by atoms with Crippen molar-refractivity contribution in [1.29, 1.82) is 5.26 Å². The quantitative estimate of drug-likeness (QED) is 0.788. The fourth-order valence-corrected chi connectivity index (χ4v) is 3.10. The Kier molecular flexibility index (Phi) is 5.27. The molecule has 0 aliphatic carbocycles. The number of rotatable bonds is 5. The van der Waals surface area contributed by atoms with Crippen LogP contribution in [0.3, 0.4) is 0 Å². The van der Waals surface area contributed by atoms with E-state index >= 15 is 0 Å². The Labute approximate surface area is 148 Å². The van der Waals surface area contributed by atoms with Crippen molar-refractivity contribution in [2.45, 2.75) is 13.5 Å². The van der Waals surface area contributed by atoms with Crippen LogP contribution in [0.2, 0.25) is 0 Å². The van der Waals surface area contributed by atoms with Gasteiger partial charge in [0.25, 0.3) is 0 Å². The van der Waals surface area contributed by atoms with E-state index in [0.717, 1.165) is 17.7 Å². The molecule has 25 heavy (non-hydrogen) atoms. The van der Waals surface area contributed by atoms with E-state index in [9.17, 15) is 4.79 Å². The number of benzene rings is 2. The first kappa shape index (κ1) is 16.9. The molecular weight excluding hydrogens is 312 g/mol. The molecule has 1 aliphatic heterocycles. The van der Waals surface area contributed by atoms with Crippen LogP contribution < -0.4 is 0 Å². The molecule has 3 rings (SSSR count). The predicted octanol–water partition coefficient (Wildman–Crippen LogP) is 3.39. The van der Waals surface area contributed by atoms with Gasteiger partial charge >= 0.3 is 5.97 Å². The van der Waals surface area contributed by atoms with Gasteiger partial charge in [0, 0.05) is 19.6 Å². The minimum absolute atomic E-state index is 0.268.